The van der Waals surface area contributed by atoms with Gasteiger partial charge in [0.25, 0.3) is 0 Å². The van der Waals surface area contributed by atoms with Gasteiger partial charge in [0.1, 0.15) is 5.60 Å². The van der Waals surface area contributed by atoms with Crippen molar-refractivity contribution in [2.45, 2.75) is 70.6 Å². The van der Waals surface area contributed by atoms with E-state index in [1.807, 2.05) is 51.1 Å². The summed E-state index contributed by atoms with van der Waals surface area (Å²) in [5.41, 5.74) is 2.11. The number of carboxylic acid groups (broad SMARTS) is 1. The van der Waals surface area contributed by atoms with Crippen LogP contribution in [-0.4, -0.2) is 22.6 Å². The third kappa shape index (κ3) is 5.73. The molecule has 0 saturated heterocycles. The number of benzene rings is 3. The van der Waals surface area contributed by atoms with E-state index in [9.17, 15) is 9.59 Å². The molecule has 3 aromatic rings. The van der Waals surface area contributed by atoms with Crippen molar-refractivity contribution in [2.75, 3.05) is 0 Å². The third-order valence-corrected chi connectivity index (χ3v) is 6.90. The van der Waals surface area contributed by atoms with Crippen molar-refractivity contribution in [3.05, 3.63) is 83.4 Å². The highest BCUT2D eigenvalue weighted by Crippen LogP contribution is 2.45. The first kappa shape index (κ1) is 24.9. The molecule has 5 nitrogen and oxygen atoms in total. The topological polar surface area (TPSA) is 75.6 Å². The number of fused-ring (bicyclic) bond motifs is 1. The number of carboxylic acids is 1. The smallest absolute Gasteiger partial charge is 0.309 e. The van der Waals surface area contributed by atoms with Crippen molar-refractivity contribution in [3.63, 3.8) is 0 Å². The maximum absolute atomic E-state index is 13.0. The summed E-state index contributed by atoms with van der Waals surface area (Å²) in [4.78, 5) is 24.1. The van der Waals surface area contributed by atoms with Gasteiger partial charge in [0.2, 0.25) is 0 Å². The second-order valence-corrected chi connectivity index (χ2v) is 10.8. The van der Waals surface area contributed by atoms with Crippen molar-refractivity contribution in [2.24, 2.45) is 5.92 Å². The number of rotatable bonds is 7. The van der Waals surface area contributed by atoms with Gasteiger partial charge in [-0.15, -0.1) is 0 Å². The summed E-state index contributed by atoms with van der Waals surface area (Å²) in [5.74, 6) is -1.19. The molecule has 0 radical (unpaired) electrons. The molecule has 3 atom stereocenters. The van der Waals surface area contributed by atoms with Crippen molar-refractivity contribution in [1.82, 2.24) is 5.32 Å². The van der Waals surface area contributed by atoms with E-state index in [2.05, 4.69) is 48.6 Å². The summed E-state index contributed by atoms with van der Waals surface area (Å²) in [6.45, 7) is 7.86. The fourth-order valence-electron chi connectivity index (χ4n) is 5.34. The van der Waals surface area contributed by atoms with Gasteiger partial charge >= 0.3 is 11.9 Å². The van der Waals surface area contributed by atoms with Crippen LogP contribution in [0.3, 0.4) is 0 Å². The van der Waals surface area contributed by atoms with Crippen molar-refractivity contribution in [3.8, 4) is 0 Å². The minimum absolute atomic E-state index is 0.00630. The molecule has 0 unspecified atom stereocenters. The van der Waals surface area contributed by atoms with Gasteiger partial charge in [-0.25, -0.2) is 0 Å². The molecule has 0 aliphatic heterocycles. The molecule has 1 aliphatic rings. The molecule has 3 aromatic carbocycles. The zero-order valence-corrected chi connectivity index (χ0v) is 21.0. The first-order valence-corrected chi connectivity index (χ1v) is 12.4. The SMILES string of the molecule is C[C@@H](N[C@]1(c2ccc(CC(=O)O)cc2)CC[C@H](C(=O)OC(C)(C)C)C1)c1cccc2ccccc12. The van der Waals surface area contributed by atoms with E-state index in [1.165, 1.54) is 16.3 Å². The molecule has 4 rings (SSSR count). The Labute approximate surface area is 207 Å². The molecule has 0 spiro atoms. The van der Waals surface area contributed by atoms with Crippen LogP contribution in [0.15, 0.2) is 66.7 Å². The zero-order chi connectivity index (χ0) is 25.2. The maximum Gasteiger partial charge on any atom is 0.309 e. The second-order valence-electron chi connectivity index (χ2n) is 10.8. The summed E-state index contributed by atoms with van der Waals surface area (Å²) < 4.78 is 5.73. The lowest BCUT2D eigenvalue weighted by atomic mass is 9.84. The second kappa shape index (κ2) is 9.82. The number of carbonyl (C=O) groups excluding carboxylic acids is 1. The Kier molecular flexibility index (Phi) is 7.00. The number of ether oxygens (including phenoxy) is 1. The average molecular weight is 474 g/mol. The minimum atomic E-state index is -0.846. The number of hydrogen-bond acceptors (Lipinski definition) is 4. The molecule has 35 heavy (non-hydrogen) atoms. The highest BCUT2D eigenvalue weighted by atomic mass is 16.6. The van der Waals surface area contributed by atoms with E-state index in [1.54, 1.807) is 0 Å². The van der Waals surface area contributed by atoms with Crippen LogP contribution in [0.1, 0.15) is 69.7 Å². The van der Waals surface area contributed by atoms with E-state index in [4.69, 9.17) is 9.84 Å². The number of aliphatic carboxylic acids is 1. The van der Waals surface area contributed by atoms with E-state index >= 15 is 0 Å². The van der Waals surface area contributed by atoms with E-state index in [0.29, 0.717) is 6.42 Å². The fraction of sp³-hybridized carbons (Fsp3) is 0.400. The van der Waals surface area contributed by atoms with Crippen LogP contribution < -0.4 is 5.32 Å². The molecule has 2 N–H and O–H groups in total. The van der Waals surface area contributed by atoms with Crippen LogP contribution in [-0.2, 0) is 26.3 Å². The van der Waals surface area contributed by atoms with Crippen molar-refractivity contribution >= 4 is 22.7 Å². The molecule has 0 amide bonds. The molecule has 0 bridgehead atoms. The predicted molar refractivity (Wildman–Crippen MR) is 138 cm³/mol. The van der Waals surface area contributed by atoms with Gasteiger partial charge < -0.3 is 15.2 Å². The Morgan fingerprint density at radius 3 is 2.43 bits per heavy atom. The first-order chi connectivity index (χ1) is 16.6. The lowest BCUT2D eigenvalue weighted by Crippen LogP contribution is -2.42. The number of carbonyl (C=O) groups is 2. The summed E-state index contributed by atoms with van der Waals surface area (Å²) in [5, 5.41) is 15.5. The average Bonchev–Trinajstić information content (AvgIpc) is 3.23. The number of hydrogen-bond donors (Lipinski definition) is 2. The maximum atomic E-state index is 13.0. The standard InChI is InChI=1S/C30H35NO4/c1-20(25-11-7-9-22-8-5-6-10-26(22)25)31-30(24-14-12-21(13-15-24)18-27(32)33)17-16-23(19-30)28(34)35-29(2,3)4/h5-15,20,23,31H,16-19H2,1-4H3,(H,32,33)/t20-,23+,30-/m1/s1. The Bertz CT molecular complexity index is 1210. The number of nitrogens with one attached hydrogen (secondary N) is 1. The quantitative estimate of drug-likeness (QED) is 0.402. The summed E-state index contributed by atoms with van der Waals surface area (Å²) >= 11 is 0. The van der Waals surface area contributed by atoms with E-state index in [-0.39, 0.29) is 24.3 Å². The largest absolute Gasteiger partial charge is 0.481 e. The van der Waals surface area contributed by atoms with E-state index in [0.717, 1.165) is 24.0 Å². The fourth-order valence-corrected chi connectivity index (χ4v) is 5.34. The van der Waals surface area contributed by atoms with Crippen LogP contribution in [0.25, 0.3) is 10.8 Å². The van der Waals surface area contributed by atoms with Crippen LogP contribution >= 0.6 is 0 Å². The molecule has 5 heteroatoms. The predicted octanol–water partition coefficient (Wildman–Crippen LogP) is 6.15. The molecule has 184 valence electrons. The first-order valence-electron chi connectivity index (χ1n) is 12.4. The van der Waals surface area contributed by atoms with Gasteiger partial charge in [0, 0.05) is 11.6 Å². The molecule has 1 fully saturated rings. The number of esters is 1. The highest BCUT2D eigenvalue weighted by Gasteiger charge is 2.45. The molecule has 0 heterocycles. The molecule has 0 aromatic heterocycles. The summed E-state index contributed by atoms with van der Waals surface area (Å²) in [6, 6.07) is 22.6. The Morgan fingerprint density at radius 2 is 1.74 bits per heavy atom. The van der Waals surface area contributed by atoms with Gasteiger partial charge in [-0.1, -0.05) is 66.7 Å². The Hall–Kier alpha value is -3.18. The molecule has 1 aliphatic carbocycles. The summed E-state index contributed by atoms with van der Waals surface area (Å²) in [7, 11) is 0. The van der Waals surface area contributed by atoms with Gasteiger partial charge in [0.15, 0.2) is 0 Å². The molecular formula is C30H35NO4. The van der Waals surface area contributed by atoms with Gasteiger partial charge in [-0.2, -0.15) is 0 Å². The monoisotopic (exact) mass is 473 g/mol. The van der Waals surface area contributed by atoms with Gasteiger partial charge in [-0.05, 0) is 74.4 Å². The van der Waals surface area contributed by atoms with Crippen molar-refractivity contribution < 1.29 is 19.4 Å². The van der Waals surface area contributed by atoms with Crippen LogP contribution in [0.2, 0.25) is 0 Å². The van der Waals surface area contributed by atoms with Crippen molar-refractivity contribution in [1.29, 1.82) is 0 Å². The van der Waals surface area contributed by atoms with Crippen LogP contribution in [0.5, 0.6) is 0 Å². The summed E-state index contributed by atoms with van der Waals surface area (Å²) in [6.07, 6.45) is 2.16. The van der Waals surface area contributed by atoms with E-state index < -0.39 is 17.1 Å². The molecule has 1 saturated carbocycles. The normalized spacial score (nSPS) is 21.1. The third-order valence-electron chi connectivity index (χ3n) is 6.90. The minimum Gasteiger partial charge on any atom is -0.481 e. The van der Waals surface area contributed by atoms with Crippen LogP contribution in [0.4, 0.5) is 0 Å². The highest BCUT2D eigenvalue weighted by molar-refractivity contribution is 5.86. The van der Waals surface area contributed by atoms with Gasteiger partial charge in [-0.3, -0.25) is 9.59 Å². The van der Waals surface area contributed by atoms with Crippen LogP contribution in [0, 0.1) is 5.92 Å². The Balaban J connectivity index is 1.66. The zero-order valence-electron chi connectivity index (χ0n) is 21.0. The molecular weight excluding hydrogens is 438 g/mol. The lowest BCUT2D eigenvalue weighted by molar-refractivity contribution is -0.160. The van der Waals surface area contributed by atoms with Gasteiger partial charge in [0.05, 0.1) is 12.3 Å². The Morgan fingerprint density at radius 1 is 1.06 bits per heavy atom. The lowest BCUT2D eigenvalue weighted by Gasteiger charge is -2.35.